The highest BCUT2D eigenvalue weighted by Gasteiger charge is 2.13. The van der Waals surface area contributed by atoms with E-state index in [0.29, 0.717) is 13.2 Å². The summed E-state index contributed by atoms with van der Waals surface area (Å²) in [6, 6.07) is 15.6. The highest BCUT2D eigenvalue weighted by atomic mass is 16.6. The van der Waals surface area contributed by atoms with Crippen molar-refractivity contribution in [1.82, 2.24) is 4.90 Å². The van der Waals surface area contributed by atoms with Crippen molar-refractivity contribution in [2.45, 2.75) is 38.2 Å². The predicted octanol–water partition coefficient (Wildman–Crippen LogP) is 2.56. The Labute approximate surface area is 178 Å². The maximum atomic E-state index is 10.5. The Morgan fingerprint density at radius 2 is 1.70 bits per heavy atom. The van der Waals surface area contributed by atoms with E-state index >= 15 is 0 Å². The van der Waals surface area contributed by atoms with Crippen LogP contribution in [0.4, 0.5) is 0 Å². The van der Waals surface area contributed by atoms with E-state index in [1.807, 2.05) is 36.4 Å². The molecule has 2 aromatic carbocycles. The molecule has 0 bridgehead atoms. The van der Waals surface area contributed by atoms with Gasteiger partial charge in [-0.15, -0.1) is 0 Å². The van der Waals surface area contributed by atoms with Crippen LogP contribution in [0, 0.1) is 0 Å². The summed E-state index contributed by atoms with van der Waals surface area (Å²) < 4.78 is 11.1. The molecule has 6 nitrogen and oxygen atoms in total. The summed E-state index contributed by atoms with van der Waals surface area (Å²) >= 11 is 0. The van der Waals surface area contributed by atoms with Gasteiger partial charge in [0.15, 0.2) is 11.5 Å². The van der Waals surface area contributed by atoms with Crippen LogP contribution in [-0.2, 0) is 17.6 Å². The molecule has 1 amide bonds. The number of benzene rings is 2. The molecule has 1 saturated heterocycles. The van der Waals surface area contributed by atoms with Crippen molar-refractivity contribution in [1.29, 1.82) is 0 Å². The Morgan fingerprint density at radius 3 is 2.40 bits per heavy atom. The topological polar surface area (TPSA) is 85.0 Å². The van der Waals surface area contributed by atoms with Crippen molar-refractivity contribution in [3.63, 3.8) is 0 Å². The smallest absolute Gasteiger partial charge is 0.246 e. The van der Waals surface area contributed by atoms with Crippen LogP contribution < -0.4 is 15.2 Å². The monoisotopic (exact) mass is 412 g/mol. The van der Waals surface area contributed by atoms with E-state index in [1.165, 1.54) is 44.5 Å². The molecule has 6 heteroatoms. The van der Waals surface area contributed by atoms with E-state index in [4.69, 9.17) is 20.3 Å². The van der Waals surface area contributed by atoms with Gasteiger partial charge in [-0.05, 0) is 68.6 Å². The number of aryl methyl sites for hydroxylation is 1. The van der Waals surface area contributed by atoms with E-state index in [0.717, 1.165) is 23.5 Å². The van der Waals surface area contributed by atoms with Gasteiger partial charge in [-0.2, -0.15) is 0 Å². The highest BCUT2D eigenvalue weighted by molar-refractivity contribution is 5.78. The van der Waals surface area contributed by atoms with Crippen LogP contribution in [-0.4, -0.2) is 54.9 Å². The van der Waals surface area contributed by atoms with E-state index in [9.17, 15) is 4.79 Å². The molecule has 0 aliphatic carbocycles. The van der Waals surface area contributed by atoms with Gasteiger partial charge in [0.05, 0.1) is 0 Å². The Kier molecular flexibility index (Phi) is 8.53. The number of amides is 1. The van der Waals surface area contributed by atoms with E-state index in [1.54, 1.807) is 0 Å². The first-order chi connectivity index (χ1) is 14.6. The van der Waals surface area contributed by atoms with E-state index < -0.39 is 12.0 Å². The lowest BCUT2D eigenvalue weighted by molar-refractivity contribution is -0.125. The normalized spacial score (nSPS) is 16.4. The molecular formula is C24H32N2O4. The van der Waals surface area contributed by atoms with Crippen molar-refractivity contribution in [3.8, 4) is 11.5 Å². The van der Waals surface area contributed by atoms with E-state index in [2.05, 4.69) is 17.0 Å². The number of hydrogen-bond acceptors (Lipinski definition) is 5. The summed E-state index contributed by atoms with van der Waals surface area (Å²) in [6.45, 7) is 5.16. The fourth-order valence-corrected chi connectivity index (χ4v) is 3.69. The van der Waals surface area contributed by atoms with Gasteiger partial charge in [0.25, 0.3) is 0 Å². The lowest BCUT2D eigenvalue weighted by atomic mass is 10.1. The third kappa shape index (κ3) is 7.04. The molecule has 2 aliphatic rings. The first kappa shape index (κ1) is 22.1. The summed E-state index contributed by atoms with van der Waals surface area (Å²) in [7, 11) is 0. The predicted molar refractivity (Wildman–Crippen MR) is 117 cm³/mol. The number of hydrogen-bond donors (Lipinski definition) is 2. The van der Waals surface area contributed by atoms with Gasteiger partial charge < -0.3 is 25.2 Å². The number of likely N-dealkylation sites (tertiary alicyclic amines) is 1. The minimum atomic E-state index is -1.08. The van der Waals surface area contributed by atoms with Gasteiger partial charge >= 0.3 is 0 Å². The molecule has 2 heterocycles. The van der Waals surface area contributed by atoms with E-state index in [-0.39, 0.29) is 6.42 Å². The minimum absolute atomic E-state index is 0.288. The van der Waals surface area contributed by atoms with Crippen LogP contribution in [0.1, 0.15) is 30.4 Å². The second-order valence-corrected chi connectivity index (χ2v) is 7.74. The van der Waals surface area contributed by atoms with Crippen LogP contribution in [0.25, 0.3) is 0 Å². The van der Waals surface area contributed by atoms with Gasteiger partial charge in [0, 0.05) is 6.42 Å². The molecule has 1 fully saturated rings. The summed E-state index contributed by atoms with van der Waals surface area (Å²) in [4.78, 5) is 13.0. The average molecular weight is 413 g/mol. The number of rotatable bonds is 7. The zero-order valence-corrected chi connectivity index (χ0v) is 17.5. The molecule has 162 valence electrons. The Morgan fingerprint density at radius 1 is 1.00 bits per heavy atom. The molecule has 0 unspecified atom stereocenters. The Balaban J connectivity index is 0.000000187. The Hall–Kier alpha value is -2.57. The standard InChI is InChI=1S/C15H21NO2.C9H11NO2/c1-2-8-16(7-1)9-3-4-13-5-6-14-15(12-13)18-11-10-17-14;10-9(12)8(11)6-7-4-2-1-3-5-7/h5-6,12H,1-4,7-11H2;1-5,8,11H,6H2,(H2,10,12)/t;8-/m.0/s1. The number of aliphatic hydroxyl groups excluding tert-OH is 1. The fraction of sp³-hybridized carbons (Fsp3) is 0.458. The molecule has 2 aliphatic heterocycles. The van der Waals surface area contributed by atoms with Crippen molar-refractivity contribution in [3.05, 3.63) is 59.7 Å². The van der Waals surface area contributed by atoms with Gasteiger partial charge in [0.1, 0.15) is 19.3 Å². The van der Waals surface area contributed by atoms with Gasteiger partial charge in [-0.25, -0.2) is 0 Å². The summed E-state index contributed by atoms with van der Waals surface area (Å²) in [6.07, 6.45) is 4.34. The Bertz CT molecular complexity index is 791. The number of aliphatic hydroxyl groups is 1. The lowest BCUT2D eigenvalue weighted by Crippen LogP contribution is -2.29. The summed E-state index contributed by atoms with van der Waals surface area (Å²) in [5, 5.41) is 9.11. The number of nitrogens with zero attached hydrogens (tertiary/aromatic N) is 1. The quantitative estimate of drug-likeness (QED) is 0.730. The van der Waals surface area contributed by atoms with Gasteiger partial charge in [0.2, 0.25) is 5.91 Å². The number of ether oxygens (including phenoxy) is 2. The first-order valence-electron chi connectivity index (χ1n) is 10.7. The highest BCUT2D eigenvalue weighted by Crippen LogP contribution is 2.31. The van der Waals surface area contributed by atoms with Gasteiger partial charge in [-0.1, -0.05) is 36.4 Å². The minimum Gasteiger partial charge on any atom is -0.486 e. The molecule has 0 spiro atoms. The van der Waals surface area contributed by atoms with Crippen LogP contribution in [0.3, 0.4) is 0 Å². The lowest BCUT2D eigenvalue weighted by Gasteiger charge is -2.19. The third-order valence-electron chi connectivity index (χ3n) is 5.35. The molecule has 4 rings (SSSR count). The molecular weight excluding hydrogens is 380 g/mol. The molecule has 30 heavy (non-hydrogen) atoms. The number of nitrogens with two attached hydrogens (primary N) is 1. The van der Waals surface area contributed by atoms with Gasteiger partial charge in [-0.3, -0.25) is 4.79 Å². The molecule has 0 saturated carbocycles. The number of primary amides is 1. The zero-order chi connectivity index (χ0) is 21.2. The molecule has 0 aromatic heterocycles. The number of carbonyl (C=O) groups excluding carboxylic acids is 1. The van der Waals surface area contributed by atoms with Crippen molar-refractivity contribution in [2.24, 2.45) is 5.73 Å². The zero-order valence-electron chi connectivity index (χ0n) is 17.5. The molecule has 1 atom stereocenters. The first-order valence-corrected chi connectivity index (χ1v) is 10.7. The van der Waals surface area contributed by atoms with Crippen LogP contribution in [0.15, 0.2) is 48.5 Å². The van der Waals surface area contributed by atoms with Crippen molar-refractivity contribution < 1.29 is 19.4 Å². The molecule has 2 aromatic rings. The second kappa shape index (κ2) is 11.6. The fourth-order valence-electron chi connectivity index (χ4n) is 3.69. The summed E-state index contributed by atoms with van der Waals surface area (Å²) in [5.41, 5.74) is 7.16. The maximum Gasteiger partial charge on any atom is 0.246 e. The van der Waals surface area contributed by atoms with Crippen LogP contribution >= 0.6 is 0 Å². The van der Waals surface area contributed by atoms with Crippen molar-refractivity contribution in [2.75, 3.05) is 32.8 Å². The van der Waals surface area contributed by atoms with Crippen molar-refractivity contribution >= 4 is 5.91 Å². The number of carbonyl (C=O) groups is 1. The third-order valence-corrected chi connectivity index (χ3v) is 5.35. The maximum absolute atomic E-state index is 10.5. The summed E-state index contributed by atoms with van der Waals surface area (Å²) in [5.74, 6) is 1.13. The average Bonchev–Trinajstić information content (AvgIpc) is 3.28. The second-order valence-electron chi connectivity index (χ2n) is 7.74. The molecule has 3 N–H and O–H groups in total. The number of fused-ring (bicyclic) bond motifs is 1. The largest absolute Gasteiger partial charge is 0.486 e. The van der Waals surface area contributed by atoms with Crippen LogP contribution in [0.2, 0.25) is 0 Å². The molecule has 0 radical (unpaired) electrons. The van der Waals surface area contributed by atoms with Crippen LogP contribution in [0.5, 0.6) is 11.5 Å². The SMILES string of the molecule is NC(=O)[C@@H](O)Cc1ccccc1.c1cc2c(cc1CCCN1CCCC1)OCCO2.